The number of aromatic nitrogens is 5. The minimum atomic E-state index is -2.93. The Kier molecular flexibility index (Phi) is 4.79. The van der Waals surface area contributed by atoms with Gasteiger partial charge in [0, 0.05) is 12.4 Å². The van der Waals surface area contributed by atoms with E-state index in [-0.39, 0.29) is 22.9 Å². The van der Waals surface area contributed by atoms with Crippen molar-refractivity contribution in [3.05, 3.63) is 57.9 Å². The van der Waals surface area contributed by atoms with E-state index in [4.69, 9.17) is 17.0 Å². The van der Waals surface area contributed by atoms with Crippen LogP contribution in [-0.4, -0.2) is 25.0 Å². The molecular weight excluding hydrogens is 355 g/mol. The Morgan fingerprint density at radius 2 is 2.00 bits per heavy atom. The van der Waals surface area contributed by atoms with Crippen LogP contribution in [0.5, 0.6) is 6.01 Å². The fraction of sp³-hybridized carbons (Fsp3) is 0.200. The second-order valence-corrected chi connectivity index (χ2v) is 5.52. The van der Waals surface area contributed by atoms with Crippen molar-refractivity contribution in [2.45, 2.75) is 20.0 Å². The van der Waals surface area contributed by atoms with Crippen LogP contribution in [0.3, 0.4) is 0 Å². The lowest BCUT2D eigenvalue weighted by atomic mass is 10.2. The highest BCUT2D eigenvalue weighted by atomic mass is 32.1. The van der Waals surface area contributed by atoms with Gasteiger partial charge in [-0.1, -0.05) is 12.2 Å². The first kappa shape index (κ1) is 17.1. The maximum absolute atomic E-state index is 13.4. The van der Waals surface area contributed by atoms with E-state index in [9.17, 15) is 13.2 Å². The van der Waals surface area contributed by atoms with Gasteiger partial charge in [-0.25, -0.2) is 33.0 Å². The topological polar surface area (TPSA) is 68.6 Å². The highest BCUT2D eigenvalue weighted by Crippen LogP contribution is 2.24. The van der Waals surface area contributed by atoms with Crippen LogP contribution >= 0.6 is 12.2 Å². The summed E-state index contributed by atoms with van der Waals surface area (Å²) >= 11 is 5.25. The summed E-state index contributed by atoms with van der Waals surface area (Å²) in [6.45, 7) is 1.84. The number of nitrogens with one attached hydrogen (secondary N) is 1. The van der Waals surface area contributed by atoms with E-state index >= 15 is 0 Å². The fourth-order valence-corrected chi connectivity index (χ4v) is 2.28. The van der Waals surface area contributed by atoms with E-state index in [1.54, 1.807) is 12.4 Å². The predicted octanol–water partition coefficient (Wildman–Crippen LogP) is 3.68. The van der Waals surface area contributed by atoms with Gasteiger partial charge in [0.1, 0.15) is 18.1 Å². The van der Waals surface area contributed by atoms with Crippen LogP contribution in [0.4, 0.5) is 13.2 Å². The molecule has 2 heterocycles. The summed E-state index contributed by atoms with van der Waals surface area (Å²) in [7, 11) is 0. The van der Waals surface area contributed by atoms with Crippen molar-refractivity contribution in [2.24, 2.45) is 0 Å². The van der Waals surface area contributed by atoms with Gasteiger partial charge in [-0.15, -0.1) is 0 Å². The molecule has 6 nitrogen and oxygen atoms in total. The van der Waals surface area contributed by atoms with Crippen molar-refractivity contribution in [1.82, 2.24) is 25.0 Å². The van der Waals surface area contributed by atoms with Crippen molar-refractivity contribution in [3.8, 4) is 11.7 Å². The molecule has 3 rings (SSSR count). The zero-order valence-electron chi connectivity index (χ0n) is 12.9. The van der Waals surface area contributed by atoms with Crippen LogP contribution in [-0.2, 0) is 6.61 Å². The molecule has 3 aromatic rings. The third-order valence-electron chi connectivity index (χ3n) is 3.30. The molecule has 25 heavy (non-hydrogen) atoms. The molecule has 130 valence electrons. The third-order valence-corrected chi connectivity index (χ3v) is 3.72. The summed E-state index contributed by atoms with van der Waals surface area (Å²) in [6, 6.07) is 3.46. The molecule has 0 amide bonds. The first-order valence-electron chi connectivity index (χ1n) is 7.11. The molecule has 0 spiro atoms. The van der Waals surface area contributed by atoms with Crippen LogP contribution in [0.15, 0.2) is 30.6 Å². The molecule has 0 fully saturated rings. The Hall–Kier alpha value is -2.75. The number of aryl methyl sites for hydroxylation is 1. The Morgan fingerprint density at radius 3 is 2.68 bits per heavy atom. The highest BCUT2D eigenvalue weighted by Gasteiger charge is 2.16. The van der Waals surface area contributed by atoms with Gasteiger partial charge in [0.2, 0.25) is 0 Å². The predicted molar refractivity (Wildman–Crippen MR) is 84.8 cm³/mol. The Morgan fingerprint density at radius 1 is 1.28 bits per heavy atom. The van der Waals surface area contributed by atoms with Crippen LogP contribution in [0.2, 0.25) is 0 Å². The van der Waals surface area contributed by atoms with Crippen molar-refractivity contribution < 1.29 is 17.9 Å². The molecular formula is C15H12F3N5OS. The third kappa shape index (κ3) is 3.68. The molecule has 0 unspecified atom stereocenters. The second-order valence-electron chi connectivity index (χ2n) is 5.14. The van der Waals surface area contributed by atoms with Gasteiger partial charge >= 0.3 is 6.01 Å². The van der Waals surface area contributed by atoms with Crippen molar-refractivity contribution in [3.63, 3.8) is 0 Å². The Balaban J connectivity index is 1.83. The zero-order chi connectivity index (χ0) is 18.0. The van der Waals surface area contributed by atoms with E-state index in [1.807, 2.05) is 6.92 Å². The van der Waals surface area contributed by atoms with Crippen LogP contribution in [0.25, 0.3) is 5.69 Å². The number of nitrogens with zero attached hydrogens (tertiary/aromatic N) is 4. The molecule has 0 aliphatic heterocycles. The maximum atomic E-state index is 13.4. The average Bonchev–Trinajstić information content (AvgIpc) is 2.95. The molecule has 0 bridgehead atoms. The maximum Gasteiger partial charge on any atom is 0.316 e. The van der Waals surface area contributed by atoms with Gasteiger partial charge in [-0.05, 0) is 30.7 Å². The SMILES string of the molecule is Cc1cnc(OCc2n[nH]n(-c3ccc(F)c(C(F)F)c3)c2=S)nc1. The van der Waals surface area contributed by atoms with Crippen molar-refractivity contribution in [2.75, 3.05) is 0 Å². The minimum Gasteiger partial charge on any atom is -0.457 e. The first-order chi connectivity index (χ1) is 12.0. The zero-order valence-corrected chi connectivity index (χ0v) is 13.7. The Bertz CT molecular complexity index is 939. The number of H-pyrrole nitrogens is 1. The van der Waals surface area contributed by atoms with E-state index in [1.165, 1.54) is 10.7 Å². The van der Waals surface area contributed by atoms with E-state index in [0.29, 0.717) is 5.69 Å². The van der Waals surface area contributed by atoms with Crippen molar-refractivity contribution >= 4 is 12.2 Å². The number of hydrogen-bond donors (Lipinski definition) is 1. The molecule has 0 saturated heterocycles. The van der Waals surface area contributed by atoms with Gasteiger partial charge in [0.25, 0.3) is 6.43 Å². The lowest BCUT2D eigenvalue weighted by molar-refractivity contribution is 0.146. The molecule has 0 aliphatic carbocycles. The molecule has 0 atom stereocenters. The lowest BCUT2D eigenvalue weighted by Gasteiger charge is -2.06. The molecule has 10 heteroatoms. The molecule has 2 aromatic heterocycles. The fourth-order valence-electron chi connectivity index (χ4n) is 2.03. The van der Waals surface area contributed by atoms with Crippen LogP contribution in [0, 0.1) is 17.4 Å². The van der Waals surface area contributed by atoms with Crippen LogP contribution < -0.4 is 4.74 Å². The number of ether oxygens (including phenoxy) is 1. The molecule has 1 aromatic carbocycles. The average molecular weight is 367 g/mol. The van der Waals surface area contributed by atoms with Crippen molar-refractivity contribution in [1.29, 1.82) is 0 Å². The largest absolute Gasteiger partial charge is 0.457 e. The van der Waals surface area contributed by atoms with E-state index < -0.39 is 17.8 Å². The minimum absolute atomic E-state index is 0.00566. The highest BCUT2D eigenvalue weighted by molar-refractivity contribution is 7.71. The second kappa shape index (κ2) is 7.01. The van der Waals surface area contributed by atoms with Gasteiger partial charge in [0.15, 0.2) is 4.64 Å². The number of aromatic amines is 1. The standard InChI is InChI=1S/C15H12F3N5OS/c1-8-5-19-15(20-6-8)24-7-12-14(25)23(22-21-12)9-2-3-11(16)10(4-9)13(17)18/h2-6,13,22H,7H2,1H3. The molecule has 1 N–H and O–H groups in total. The number of alkyl halides is 2. The van der Waals surface area contributed by atoms with Gasteiger partial charge in [-0.2, -0.15) is 5.10 Å². The molecule has 0 radical (unpaired) electrons. The summed E-state index contributed by atoms with van der Waals surface area (Å²) in [5.41, 5.74) is 0.786. The number of hydrogen-bond acceptors (Lipinski definition) is 5. The Labute approximate surface area is 145 Å². The van der Waals surface area contributed by atoms with Gasteiger partial charge < -0.3 is 4.74 Å². The summed E-state index contributed by atoms with van der Waals surface area (Å²) in [5, 5.41) is 6.59. The monoisotopic (exact) mass is 367 g/mol. The summed E-state index contributed by atoms with van der Waals surface area (Å²) in [6.07, 6.45) is 0.275. The summed E-state index contributed by atoms with van der Waals surface area (Å²) in [5.74, 6) is -0.982. The normalized spacial score (nSPS) is 11.1. The number of rotatable bonds is 5. The smallest absolute Gasteiger partial charge is 0.316 e. The number of halogens is 3. The number of benzene rings is 1. The first-order valence-corrected chi connectivity index (χ1v) is 7.52. The van der Waals surface area contributed by atoms with E-state index in [0.717, 1.165) is 17.7 Å². The summed E-state index contributed by atoms with van der Waals surface area (Å²) in [4.78, 5) is 7.98. The summed E-state index contributed by atoms with van der Waals surface area (Å²) < 4.78 is 46.0. The van der Waals surface area contributed by atoms with E-state index in [2.05, 4.69) is 20.3 Å². The molecule has 0 aliphatic rings. The lowest BCUT2D eigenvalue weighted by Crippen LogP contribution is -2.01. The van der Waals surface area contributed by atoms with Gasteiger partial charge in [0.05, 0.1) is 11.3 Å². The van der Waals surface area contributed by atoms with Crippen LogP contribution in [0.1, 0.15) is 23.2 Å². The van der Waals surface area contributed by atoms with Gasteiger partial charge in [-0.3, -0.25) is 0 Å². The quantitative estimate of drug-likeness (QED) is 0.697. The molecule has 0 saturated carbocycles.